The third kappa shape index (κ3) is 4.13. The molecule has 1 aliphatic heterocycles. The van der Waals surface area contributed by atoms with Gasteiger partial charge in [-0.3, -0.25) is 14.5 Å². The van der Waals surface area contributed by atoms with Crippen LogP contribution in [0.4, 0.5) is 5.95 Å². The predicted octanol–water partition coefficient (Wildman–Crippen LogP) is 4.87. The van der Waals surface area contributed by atoms with Crippen molar-refractivity contribution in [3.05, 3.63) is 82.4 Å². The van der Waals surface area contributed by atoms with Crippen molar-refractivity contribution in [2.45, 2.75) is 6.04 Å². The van der Waals surface area contributed by atoms with E-state index < -0.39 is 17.7 Å². The molecule has 10 heteroatoms. The van der Waals surface area contributed by atoms with Crippen molar-refractivity contribution in [1.82, 2.24) is 9.97 Å². The summed E-state index contributed by atoms with van der Waals surface area (Å²) in [6, 6.07) is 15.7. The average molecular weight is 520 g/mol. The van der Waals surface area contributed by atoms with Crippen molar-refractivity contribution < 1.29 is 28.9 Å². The Morgan fingerprint density at radius 1 is 0.946 bits per heavy atom. The zero-order valence-corrected chi connectivity index (χ0v) is 20.9. The number of nitrogens with one attached hydrogen (secondary N) is 1. The minimum Gasteiger partial charge on any atom is -0.507 e. The molecule has 9 nitrogen and oxygen atoms in total. The smallest absolute Gasteiger partial charge is 0.302 e. The van der Waals surface area contributed by atoms with Crippen molar-refractivity contribution in [2.75, 3.05) is 26.2 Å². The van der Waals surface area contributed by atoms with Crippen LogP contribution in [0.25, 0.3) is 16.8 Å². The Kier molecular flexibility index (Phi) is 6.22. The molecule has 3 aromatic carbocycles. The summed E-state index contributed by atoms with van der Waals surface area (Å²) in [5.41, 5.74) is 1.92. The number of rotatable bonds is 6. The van der Waals surface area contributed by atoms with Gasteiger partial charge in [0, 0.05) is 11.6 Å². The van der Waals surface area contributed by atoms with Crippen LogP contribution in [0.3, 0.4) is 0 Å². The van der Waals surface area contributed by atoms with Crippen LogP contribution in [0, 0.1) is 0 Å². The molecule has 1 aliphatic rings. The van der Waals surface area contributed by atoms with Gasteiger partial charge in [-0.25, -0.2) is 4.98 Å². The summed E-state index contributed by atoms with van der Waals surface area (Å²) < 4.78 is 15.7. The van der Waals surface area contributed by atoms with Gasteiger partial charge in [-0.05, 0) is 48.0 Å². The molecule has 188 valence electrons. The van der Waals surface area contributed by atoms with Gasteiger partial charge in [0.25, 0.3) is 5.78 Å². The fraction of sp³-hybridized carbons (Fsp3) is 0.148. The van der Waals surface area contributed by atoms with Crippen LogP contribution >= 0.6 is 11.6 Å². The number of imidazole rings is 1. The number of anilines is 1. The molecule has 2 N–H and O–H groups in total. The maximum Gasteiger partial charge on any atom is 0.302 e. The van der Waals surface area contributed by atoms with Crippen LogP contribution in [-0.4, -0.2) is 48.1 Å². The SMILES string of the molecule is COc1ccc(C2/C(=C(\O)c3ccc(OC)c(Cl)c3)C(=O)C(=O)N2c2nc3ccc(OC)cc3[nH]2)cc1. The largest absolute Gasteiger partial charge is 0.507 e. The Bertz CT molecular complexity index is 1560. The molecule has 2 heterocycles. The number of aromatic amines is 1. The van der Waals surface area contributed by atoms with Crippen LogP contribution in [0.1, 0.15) is 17.2 Å². The number of aliphatic hydroxyl groups is 1. The van der Waals surface area contributed by atoms with E-state index in [2.05, 4.69) is 9.97 Å². The highest BCUT2D eigenvalue weighted by atomic mass is 35.5. The number of aliphatic hydroxyl groups excluding tert-OH is 1. The number of hydrogen-bond donors (Lipinski definition) is 2. The molecular formula is C27H22ClN3O6. The number of Topliss-reactive ketones (excluding diaryl/α,β-unsaturated/α-hetero) is 1. The normalized spacial score (nSPS) is 16.9. The molecule has 1 aromatic heterocycles. The second-order valence-corrected chi connectivity index (χ2v) is 8.64. The van der Waals surface area contributed by atoms with E-state index in [1.165, 1.54) is 25.2 Å². The Hall–Kier alpha value is -4.50. The fourth-order valence-corrected chi connectivity index (χ4v) is 4.60. The molecule has 37 heavy (non-hydrogen) atoms. The van der Waals surface area contributed by atoms with Gasteiger partial charge in [-0.2, -0.15) is 0 Å². The molecule has 1 saturated heterocycles. The molecule has 4 aromatic rings. The third-order valence-corrected chi connectivity index (χ3v) is 6.50. The van der Waals surface area contributed by atoms with Crippen molar-refractivity contribution >= 4 is 46.0 Å². The zero-order chi connectivity index (χ0) is 26.3. The number of H-pyrrole nitrogens is 1. The summed E-state index contributed by atoms with van der Waals surface area (Å²) in [5, 5.41) is 11.6. The number of methoxy groups -OCH3 is 3. The van der Waals surface area contributed by atoms with E-state index >= 15 is 0 Å². The van der Waals surface area contributed by atoms with Gasteiger partial charge >= 0.3 is 5.91 Å². The number of benzene rings is 3. The Morgan fingerprint density at radius 3 is 2.30 bits per heavy atom. The number of carbonyl (C=O) groups excluding carboxylic acids is 2. The van der Waals surface area contributed by atoms with Gasteiger partial charge in [0.15, 0.2) is 0 Å². The molecule has 1 fully saturated rings. The highest BCUT2D eigenvalue weighted by Crippen LogP contribution is 2.42. The number of ether oxygens (including phenoxy) is 3. The van der Waals surface area contributed by atoms with Crippen LogP contribution < -0.4 is 19.1 Å². The third-order valence-electron chi connectivity index (χ3n) is 6.21. The van der Waals surface area contributed by atoms with E-state index in [4.69, 9.17) is 25.8 Å². The summed E-state index contributed by atoms with van der Waals surface area (Å²) >= 11 is 6.27. The quantitative estimate of drug-likeness (QED) is 0.212. The molecule has 0 spiro atoms. The molecule has 1 atom stereocenters. The molecular weight excluding hydrogens is 498 g/mol. The zero-order valence-electron chi connectivity index (χ0n) is 20.1. The van der Waals surface area contributed by atoms with E-state index in [0.29, 0.717) is 33.8 Å². The highest BCUT2D eigenvalue weighted by Gasteiger charge is 2.48. The number of ketones is 1. The lowest BCUT2D eigenvalue weighted by molar-refractivity contribution is -0.132. The Labute approximate surface area is 216 Å². The number of amides is 1. The van der Waals surface area contributed by atoms with Gasteiger partial charge < -0.3 is 24.3 Å². The van der Waals surface area contributed by atoms with E-state index in [9.17, 15) is 14.7 Å². The summed E-state index contributed by atoms with van der Waals surface area (Å²) in [7, 11) is 4.56. The number of halogens is 1. The minimum atomic E-state index is -0.978. The second kappa shape index (κ2) is 9.51. The number of carbonyl (C=O) groups is 2. The van der Waals surface area contributed by atoms with Crippen molar-refractivity contribution in [2.24, 2.45) is 0 Å². The first-order valence-electron chi connectivity index (χ1n) is 11.2. The number of aromatic nitrogens is 2. The molecule has 0 aliphatic carbocycles. The van der Waals surface area contributed by atoms with E-state index in [-0.39, 0.29) is 27.9 Å². The summed E-state index contributed by atoms with van der Waals surface area (Å²) in [6.07, 6.45) is 0. The number of fused-ring (bicyclic) bond motifs is 1. The lowest BCUT2D eigenvalue weighted by Gasteiger charge is -2.23. The lowest BCUT2D eigenvalue weighted by Crippen LogP contribution is -2.30. The molecule has 0 saturated carbocycles. The van der Waals surface area contributed by atoms with Gasteiger partial charge in [0.1, 0.15) is 23.0 Å². The first-order chi connectivity index (χ1) is 17.9. The minimum absolute atomic E-state index is 0.102. The highest BCUT2D eigenvalue weighted by molar-refractivity contribution is 6.51. The van der Waals surface area contributed by atoms with Crippen LogP contribution in [0.15, 0.2) is 66.2 Å². The molecule has 5 rings (SSSR count). The van der Waals surface area contributed by atoms with Crippen LogP contribution in [0.2, 0.25) is 5.02 Å². The van der Waals surface area contributed by atoms with E-state index in [0.717, 1.165) is 0 Å². The fourth-order valence-electron chi connectivity index (χ4n) is 4.34. The maximum atomic E-state index is 13.4. The standard InChI is InChI=1S/C27H22ClN3O6/c1-35-16-7-4-14(5-8-16)23-22(24(32)15-6-11-21(37-3)18(28)12-15)25(33)26(34)31(23)27-29-19-10-9-17(36-2)13-20(19)30-27/h4-13,23,32H,1-3H3,(H,29,30)/b24-22+. The topological polar surface area (TPSA) is 114 Å². The van der Waals surface area contributed by atoms with E-state index in [1.807, 2.05) is 0 Å². The summed E-state index contributed by atoms with van der Waals surface area (Å²) in [6.45, 7) is 0. The summed E-state index contributed by atoms with van der Waals surface area (Å²) in [4.78, 5) is 35.7. The maximum absolute atomic E-state index is 13.4. The first-order valence-corrected chi connectivity index (χ1v) is 11.6. The van der Waals surface area contributed by atoms with Gasteiger partial charge in [-0.1, -0.05) is 23.7 Å². The molecule has 1 unspecified atom stereocenters. The van der Waals surface area contributed by atoms with Crippen molar-refractivity contribution in [3.63, 3.8) is 0 Å². The first kappa shape index (κ1) is 24.2. The summed E-state index contributed by atoms with van der Waals surface area (Å²) in [5.74, 6) is -0.312. The monoisotopic (exact) mass is 519 g/mol. The molecule has 1 amide bonds. The van der Waals surface area contributed by atoms with Crippen LogP contribution in [0.5, 0.6) is 17.2 Å². The van der Waals surface area contributed by atoms with Gasteiger partial charge in [0.2, 0.25) is 5.95 Å². The second-order valence-electron chi connectivity index (χ2n) is 8.24. The molecule has 0 radical (unpaired) electrons. The number of nitrogens with zero attached hydrogens (tertiary/aromatic N) is 2. The predicted molar refractivity (Wildman–Crippen MR) is 138 cm³/mol. The lowest BCUT2D eigenvalue weighted by atomic mass is 9.95. The average Bonchev–Trinajstić information content (AvgIpc) is 3.45. The molecule has 0 bridgehead atoms. The Balaban J connectivity index is 1.70. The van der Waals surface area contributed by atoms with Crippen molar-refractivity contribution in [1.29, 1.82) is 0 Å². The number of hydrogen-bond acceptors (Lipinski definition) is 7. The Morgan fingerprint density at radius 2 is 1.65 bits per heavy atom. The van der Waals surface area contributed by atoms with Gasteiger partial charge in [-0.15, -0.1) is 0 Å². The van der Waals surface area contributed by atoms with Gasteiger partial charge in [0.05, 0.1) is 49.0 Å². The van der Waals surface area contributed by atoms with E-state index in [1.54, 1.807) is 61.7 Å². The van der Waals surface area contributed by atoms with Crippen molar-refractivity contribution in [3.8, 4) is 17.2 Å². The van der Waals surface area contributed by atoms with Crippen LogP contribution in [-0.2, 0) is 9.59 Å².